The number of halogens is 2. The van der Waals surface area contributed by atoms with E-state index >= 15 is 0 Å². The number of carboxylic acid groups (broad SMARTS) is 1. The molecule has 0 saturated heterocycles. The van der Waals surface area contributed by atoms with Crippen molar-refractivity contribution in [2.45, 2.75) is 19.8 Å². The number of carbonyl (C=O) groups is 1. The van der Waals surface area contributed by atoms with Gasteiger partial charge >= 0.3 is 5.97 Å². The third kappa shape index (κ3) is 2.61. The molecule has 0 saturated carbocycles. The summed E-state index contributed by atoms with van der Waals surface area (Å²) in [6.07, 6.45) is -3.55. The highest BCUT2D eigenvalue weighted by Crippen LogP contribution is 2.21. The maximum Gasteiger partial charge on any atom is 0.308 e. The number of aliphatic carboxylic acids is 1. The maximum absolute atomic E-state index is 12.5. The maximum atomic E-state index is 12.5. The number of pyridine rings is 1. The van der Waals surface area contributed by atoms with E-state index in [9.17, 15) is 18.4 Å². The first-order valence-corrected chi connectivity index (χ1v) is 4.14. The Morgan fingerprint density at radius 3 is 2.67 bits per heavy atom. The van der Waals surface area contributed by atoms with Gasteiger partial charge in [0.05, 0.1) is 6.42 Å². The van der Waals surface area contributed by atoms with Crippen LogP contribution in [-0.2, 0) is 11.2 Å². The molecule has 1 heterocycles. The SMILES string of the molecule is Cc1cc(C(F)F)c(CC(=O)O)c(=O)[nH]1. The van der Waals surface area contributed by atoms with Crippen molar-refractivity contribution in [2.24, 2.45) is 0 Å². The predicted molar refractivity (Wildman–Crippen MR) is 48.1 cm³/mol. The monoisotopic (exact) mass is 217 g/mol. The fraction of sp³-hybridized carbons (Fsp3) is 0.333. The molecule has 0 aromatic carbocycles. The second-order valence-electron chi connectivity index (χ2n) is 3.09. The van der Waals surface area contributed by atoms with Gasteiger partial charge < -0.3 is 10.1 Å². The predicted octanol–water partition coefficient (Wildman–Crippen LogP) is 1.25. The van der Waals surface area contributed by atoms with Gasteiger partial charge in [0, 0.05) is 16.8 Å². The van der Waals surface area contributed by atoms with Crippen molar-refractivity contribution in [3.8, 4) is 0 Å². The lowest BCUT2D eigenvalue weighted by atomic mass is 10.1. The van der Waals surface area contributed by atoms with Gasteiger partial charge in [0.2, 0.25) is 0 Å². The van der Waals surface area contributed by atoms with Crippen LogP contribution in [-0.4, -0.2) is 16.1 Å². The zero-order chi connectivity index (χ0) is 11.6. The van der Waals surface area contributed by atoms with Crippen LogP contribution < -0.4 is 5.56 Å². The fourth-order valence-corrected chi connectivity index (χ4v) is 1.27. The molecule has 0 bridgehead atoms. The lowest BCUT2D eigenvalue weighted by Crippen LogP contribution is -2.20. The van der Waals surface area contributed by atoms with Crippen molar-refractivity contribution in [1.82, 2.24) is 4.98 Å². The molecule has 1 aromatic rings. The van der Waals surface area contributed by atoms with E-state index in [1.807, 2.05) is 0 Å². The molecule has 2 N–H and O–H groups in total. The Morgan fingerprint density at radius 2 is 2.20 bits per heavy atom. The Kier molecular flexibility index (Phi) is 3.18. The second kappa shape index (κ2) is 4.20. The summed E-state index contributed by atoms with van der Waals surface area (Å²) in [5.41, 5.74) is -1.39. The summed E-state index contributed by atoms with van der Waals surface area (Å²) in [4.78, 5) is 23.9. The van der Waals surface area contributed by atoms with E-state index < -0.39 is 29.9 Å². The summed E-state index contributed by atoms with van der Waals surface area (Å²) < 4.78 is 25.0. The van der Waals surface area contributed by atoms with Gasteiger partial charge in [-0.3, -0.25) is 9.59 Å². The van der Waals surface area contributed by atoms with Crippen molar-refractivity contribution < 1.29 is 18.7 Å². The number of aromatic amines is 1. The van der Waals surface area contributed by atoms with E-state index in [0.717, 1.165) is 6.07 Å². The number of hydrogen-bond donors (Lipinski definition) is 2. The molecule has 4 nitrogen and oxygen atoms in total. The smallest absolute Gasteiger partial charge is 0.308 e. The van der Waals surface area contributed by atoms with Crippen LogP contribution in [0.5, 0.6) is 0 Å². The van der Waals surface area contributed by atoms with Gasteiger partial charge in [-0.15, -0.1) is 0 Å². The van der Waals surface area contributed by atoms with Gasteiger partial charge in [-0.1, -0.05) is 0 Å². The summed E-state index contributed by atoms with van der Waals surface area (Å²) in [5.74, 6) is -1.31. The van der Waals surface area contributed by atoms with Gasteiger partial charge in [-0.05, 0) is 13.0 Å². The average Bonchev–Trinajstić information content (AvgIpc) is 2.08. The molecule has 6 heteroatoms. The first-order chi connectivity index (χ1) is 6.91. The van der Waals surface area contributed by atoms with E-state index in [-0.39, 0.29) is 11.3 Å². The Hall–Kier alpha value is -1.72. The number of carboxylic acids is 1. The number of rotatable bonds is 3. The summed E-state index contributed by atoms with van der Waals surface area (Å²) >= 11 is 0. The number of aromatic nitrogens is 1. The zero-order valence-corrected chi connectivity index (χ0v) is 7.88. The highest BCUT2D eigenvalue weighted by Gasteiger charge is 2.18. The molecule has 0 radical (unpaired) electrons. The van der Waals surface area contributed by atoms with Gasteiger partial charge in [-0.2, -0.15) is 0 Å². The van der Waals surface area contributed by atoms with Gasteiger partial charge in [-0.25, -0.2) is 8.78 Å². The standard InChI is InChI=1S/C9H9F2NO3/c1-4-2-5(8(10)11)6(3-7(13)14)9(15)12-4/h2,8H,3H2,1H3,(H,12,15)(H,13,14). The van der Waals surface area contributed by atoms with Crippen molar-refractivity contribution >= 4 is 5.97 Å². The summed E-state index contributed by atoms with van der Waals surface area (Å²) in [7, 11) is 0. The topological polar surface area (TPSA) is 70.2 Å². The minimum Gasteiger partial charge on any atom is -0.481 e. The van der Waals surface area contributed by atoms with E-state index in [2.05, 4.69) is 4.98 Å². The quantitative estimate of drug-likeness (QED) is 0.800. The molecule has 0 spiro atoms. The van der Waals surface area contributed by atoms with Crippen molar-refractivity contribution in [2.75, 3.05) is 0 Å². The van der Waals surface area contributed by atoms with Crippen LogP contribution in [0, 0.1) is 6.92 Å². The third-order valence-electron chi connectivity index (χ3n) is 1.87. The number of nitrogens with one attached hydrogen (secondary N) is 1. The number of aryl methyl sites for hydroxylation is 1. The van der Waals surface area contributed by atoms with E-state index in [0.29, 0.717) is 0 Å². The molecule has 0 aliphatic rings. The van der Waals surface area contributed by atoms with E-state index in [1.165, 1.54) is 6.92 Å². The fourth-order valence-electron chi connectivity index (χ4n) is 1.27. The molecule has 82 valence electrons. The van der Waals surface area contributed by atoms with Gasteiger partial charge in [0.15, 0.2) is 0 Å². The molecule has 1 rings (SSSR count). The second-order valence-corrected chi connectivity index (χ2v) is 3.09. The summed E-state index contributed by atoms with van der Waals surface area (Å²) in [6, 6.07) is 1.09. The van der Waals surface area contributed by atoms with Gasteiger partial charge in [0.1, 0.15) is 0 Å². The highest BCUT2D eigenvalue weighted by atomic mass is 19.3. The molecular formula is C9H9F2NO3. The molecule has 1 aromatic heterocycles. The van der Waals surface area contributed by atoms with Crippen LogP contribution in [0.4, 0.5) is 8.78 Å². The lowest BCUT2D eigenvalue weighted by molar-refractivity contribution is -0.136. The van der Waals surface area contributed by atoms with E-state index in [1.54, 1.807) is 0 Å². The molecule has 15 heavy (non-hydrogen) atoms. The minimum absolute atomic E-state index is 0.282. The largest absolute Gasteiger partial charge is 0.481 e. The van der Waals surface area contributed by atoms with Crippen LogP contribution in [0.3, 0.4) is 0 Å². The van der Waals surface area contributed by atoms with E-state index in [4.69, 9.17) is 5.11 Å². The number of alkyl halides is 2. The molecule has 0 atom stereocenters. The third-order valence-corrected chi connectivity index (χ3v) is 1.87. The van der Waals surface area contributed by atoms with Gasteiger partial charge in [0.25, 0.3) is 12.0 Å². The number of hydrogen-bond acceptors (Lipinski definition) is 2. The van der Waals surface area contributed by atoms with Crippen LogP contribution in [0.15, 0.2) is 10.9 Å². The Bertz CT molecular complexity index is 439. The van der Waals surface area contributed by atoms with Crippen LogP contribution in [0.1, 0.15) is 23.2 Å². The summed E-state index contributed by atoms with van der Waals surface area (Å²) in [6.45, 7) is 1.46. The summed E-state index contributed by atoms with van der Waals surface area (Å²) in [5, 5.41) is 8.47. The Labute approximate surface area is 83.6 Å². The van der Waals surface area contributed by atoms with Crippen molar-refractivity contribution in [3.05, 3.63) is 33.2 Å². The van der Waals surface area contributed by atoms with Crippen molar-refractivity contribution in [3.63, 3.8) is 0 Å². The average molecular weight is 217 g/mol. The van der Waals surface area contributed by atoms with Crippen molar-refractivity contribution in [1.29, 1.82) is 0 Å². The molecular weight excluding hydrogens is 208 g/mol. The normalized spacial score (nSPS) is 10.7. The minimum atomic E-state index is -2.85. The molecule has 0 amide bonds. The van der Waals surface area contributed by atoms with Crippen LogP contribution in [0.25, 0.3) is 0 Å². The number of H-pyrrole nitrogens is 1. The Morgan fingerprint density at radius 1 is 1.60 bits per heavy atom. The molecule has 0 unspecified atom stereocenters. The molecule has 0 aliphatic heterocycles. The highest BCUT2D eigenvalue weighted by molar-refractivity contribution is 5.70. The first kappa shape index (κ1) is 11.4. The van der Waals surface area contributed by atoms with Crippen LogP contribution >= 0.6 is 0 Å². The lowest BCUT2D eigenvalue weighted by Gasteiger charge is -2.06. The molecule has 0 fully saturated rings. The first-order valence-electron chi connectivity index (χ1n) is 4.14. The van der Waals surface area contributed by atoms with Crippen LogP contribution in [0.2, 0.25) is 0 Å². The Balaban J connectivity index is 3.33. The zero-order valence-electron chi connectivity index (χ0n) is 7.88. The molecule has 0 aliphatic carbocycles.